The number of rotatable bonds is 68. The molecule has 0 aromatic carbocycles. The van der Waals surface area contributed by atoms with Gasteiger partial charge >= 0.3 is 19.8 Å². The van der Waals surface area contributed by atoms with Crippen LogP contribution in [0, 0.1) is 0 Å². The van der Waals surface area contributed by atoms with Crippen LogP contribution in [0.4, 0.5) is 0 Å². The van der Waals surface area contributed by atoms with Gasteiger partial charge in [-0.3, -0.25) is 18.6 Å². The fourth-order valence-corrected chi connectivity index (χ4v) is 11.4. The van der Waals surface area contributed by atoms with Crippen LogP contribution in [0.15, 0.2) is 72.9 Å². The second-order valence-electron chi connectivity index (χ2n) is 25.9. The Balaban J connectivity index is 3.93. The highest BCUT2D eigenvalue weighted by atomic mass is 31.2. The zero-order valence-corrected chi connectivity index (χ0v) is 58.2. The molecule has 0 aliphatic rings. The summed E-state index contributed by atoms with van der Waals surface area (Å²) in [5.74, 6) is -0.799. The molecule has 86 heavy (non-hydrogen) atoms. The number of carbonyl (C=O) groups excluding carboxylic acids is 2. The largest absolute Gasteiger partial charge is 0.472 e. The molecule has 0 amide bonds. The summed E-state index contributed by atoms with van der Waals surface area (Å²) in [5, 5.41) is 0. The highest BCUT2D eigenvalue weighted by molar-refractivity contribution is 7.47. The van der Waals surface area contributed by atoms with Gasteiger partial charge in [0.15, 0.2) is 6.10 Å². The Morgan fingerprint density at radius 1 is 0.372 bits per heavy atom. The van der Waals surface area contributed by atoms with Crippen molar-refractivity contribution in [1.29, 1.82) is 0 Å². The Hall–Kier alpha value is -2.55. The number of unbranched alkanes of at least 4 members (excludes halogenated alkanes) is 42. The molecule has 0 fully saturated rings. The molecule has 0 bridgehead atoms. The van der Waals surface area contributed by atoms with Gasteiger partial charge in [-0.25, -0.2) is 4.57 Å². The van der Waals surface area contributed by atoms with E-state index in [1.54, 1.807) is 0 Å². The quantitative estimate of drug-likeness (QED) is 0.0211. The fraction of sp³-hybridized carbons (Fsp3) is 0.816. The van der Waals surface area contributed by atoms with Crippen LogP contribution >= 0.6 is 7.82 Å². The summed E-state index contributed by atoms with van der Waals surface area (Å²) >= 11 is 0. The van der Waals surface area contributed by atoms with Gasteiger partial charge in [0.1, 0.15) is 19.8 Å². The first kappa shape index (κ1) is 83.5. The topological polar surface area (TPSA) is 108 Å². The number of allylic oxidation sites excluding steroid dienone is 12. The number of quaternary nitrogens is 1. The Morgan fingerprint density at radius 3 is 1.00 bits per heavy atom. The van der Waals surface area contributed by atoms with Gasteiger partial charge in [-0.05, 0) is 83.5 Å². The molecule has 0 radical (unpaired) electrons. The number of carbonyl (C=O) groups is 2. The minimum atomic E-state index is -4.40. The summed E-state index contributed by atoms with van der Waals surface area (Å²) in [4.78, 5) is 35.9. The van der Waals surface area contributed by atoms with E-state index in [9.17, 15) is 19.0 Å². The Labute approximate surface area is 533 Å². The number of esters is 2. The van der Waals surface area contributed by atoms with Crippen molar-refractivity contribution in [2.24, 2.45) is 0 Å². The summed E-state index contributed by atoms with van der Waals surface area (Å²) in [6, 6.07) is 0. The van der Waals surface area contributed by atoms with E-state index < -0.39 is 26.5 Å². The van der Waals surface area contributed by atoms with E-state index in [2.05, 4.69) is 86.8 Å². The Kier molecular flexibility index (Phi) is 64.9. The van der Waals surface area contributed by atoms with Crippen molar-refractivity contribution in [1.82, 2.24) is 0 Å². The normalized spacial score (nSPS) is 13.5. The first-order chi connectivity index (χ1) is 42.0. The van der Waals surface area contributed by atoms with Crippen LogP contribution in [-0.4, -0.2) is 74.9 Å². The van der Waals surface area contributed by atoms with Crippen LogP contribution in [0.2, 0.25) is 0 Å². The number of hydrogen-bond donors (Lipinski definition) is 1. The lowest BCUT2D eigenvalue weighted by atomic mass is 10.0. The van der Waals surface area contributed by atoms with Gasteiger partial charge in [0.25, 0.3) is 0 Å². The first-order valence-corrected chi connectivity index (χ1v) is 38.2. The summed E-state index contributed by atoms with van der Waals surface area (Å²) < 4.78 is 34.7. The monoisotopic (exact) mass is 1230 g/mol. The van der Waals surface area contributed by atoms with E-state index >= 15 is 0 Å². The molecule has 9 nitrogen and oxygen atoms in total. The lowest BCUT2D eigenvalue weighted by molar-refractivity contribution is -0.870. The van der Waals surface area contributed by atoms with Crippen molar-refractivity contribution in [3.05, 3.63) is 72.9 Å². The van der Waals surface area contributed by atoms with Crippen LogP contribution in [0.3, 0.4) is 0 Å². The molecule has 2 atom stereocenters. The number of phosphoric acid groups is 1. The SMILES string of the molecule is CC/C=C\C/C=C\C/C=C\C/C=C\C/C=C\CCCCCCCCCC(=O)OC(COC(=O)CCCCCCCCCCCCCCCCCCCCCCCCCCCCC/C=C\CCCCCCCCCC)COP(=O)(O)OCC[N+](C)(C)C. The van der Waals surface area contributed by atoms with E-state index in [1.807, 2.05) is 21.1 Å². The first-order valence-electron chi connectivity index (χ1n) is 36.7. The summed E-state index contributed by atoms with van der Waals surface area (Å²) in [7, 11) is 1.47. The molecule has 0 saturated carbocycles. The molecule has 0 spiro atoms. The summed E-state index contributed by atoms with van der Waals surface area (Å²) in [5.41, 5.74) is 0. The van der Waals surface area contributed by atoms with Crippen molar-refractivity contribution in [2.75, 3.05) is 47.5 Å². The number of ether oxygens (including phenoxy) is 2. The van der Waals surface area contributed by atoms with Crippen molar-refractivity contribution in [3.8, 4) is 0 Å². The highest BCUT2D eigenvalue weighted by Crippen LogP contribution is 2.43. The molecule has 2 unspecified atom stereocenters. The lowest BCUT2D eigenvalue weighted by Gasteiger charge is -2.24. The Bertz CT molecular complexity index is 1680. The third kappa shape index (κ3) is 70.5. The molecular formula is C76H141NO8P+. The van der Waals surface area contributed by atoms with E-state index in [-0.39, 0.29) is 32.0 Å². The van der Waals surface area contributed by atoms with Gasteiger partial charge < -0.3 is 18.9 Å². The van der Waals surface area contributed by atoms with Crippen LogP contribution in [0.1, 0.15) is 348 Å². The smallest absolute Gasteiger partial charge is 0.462 e. The summed E-state index contributed by atoms with van der Waals surface area (Å²) in [6.45, 7) is 4.35. The molecule has 10 heteroatoms. The van der Waals surface area contributed by atoms with Crippen molar-refractivity contribution in [3.63, 3.8) is 0 Å². The molecule has 0 aliphatic heterocycles. The standard InChI is InChI=1S/C76H140NO8P/c1-6-8-10-12-14-16-18-20-22-24-26-28-30-31-32-33-34-35-36-37-38-39-40-41-42-43-44-45-47-48-50-52-54-56-58-60-62-64-66-68-75(78)82-72-74(73-84-86(80,81)83-71-70-77(3,4)5)85-76(79)69-67-65-63-61-59-57-55-53-51-49-46-29-27-25-23-21-19-17-15-13-11-9-7-2/h9,11,15,17,21,23-24,26-27,29,49,51,74H,6-8,10,12-14,16,18-20,22,25,28,30-48,50,52-73H2,1-5H3/p+1/b11-9-,17-15-,23-21-,26-24-,29-27-,51-49-. The van der Waals surface area contributed by atoms with E-state index in [1.165, 1.54) is 238 Å². The average Bonchev–Trinajstić information content (AvgIpc) is 3.56. The van der Waals surface area contributed by atoms with Crippen LogP contribution in [0.5, 0.6) is 0 Å². The molecule has 0 aromatic heterocycles. The Morgan fingerprint density at radius 2 is 0.663 bits per heavy atom. The third-order valence-corrected chi connectivity index (χ3v) is 17.2. The molecule has 0 aliphatic carbocycles. The van der Waals surface area contributed by atoms with Gasteiger partial charge in [0.05, 0.1) is 27.7 Å². The van der Waals surface area contributed by atoms with E-state index in [0.717, 1.165) is 77.0 Å². The van der Waals surface area contributed by atoms with Gasteiger partial charge in [-0.1, -0.05) is 324 Å². The molecule has 0 saturated heterocycles. The molecular weight excluding hydrogens is 1090 g/mol. The number of likely N-dealkylation sites (N-methyl/N-ethyl adjacent to an activating group) is 1. The maximum absolute atomic E-state index is 12.9. The number of nitrogens with zero attached hydrogens (tertiary/aromatic N) is 1. The van der Waals surface area contributed by atoms with Crippen molar-refractivity contribution < 1.29 is 42.1 Å². The molecule has 502 valence electrons. The summed E-state index contributed by atoms with van der Waals surface area (Å²) in [6.07, 6.45) is 90.4. The molecule has 0 aromatic rings. The predicted octanol–water partition coefficient (Wildman–Crippen LogP) is 23.9. The van der Waals surface area contributed by atoms with Crippen LogP contribution in [0.25, 0.3) is 0 Å². The predicted molar refractivity (Wildman–Crippen MR) is 372 cm³/mol. The van der Waals surface area contributed by atoms with Crippen LogP contribution < -0.4 is 0 Å². The van der Waals surface area contributed by atoms with Crippen LogP contribution in [-0.2, 0) is 32.7 Å². The van der Waals surface area contributed by atoms with Crippen molar-refractivity contribution >= 4 is 19.8 Å². The van der Waals surface area contributed by atoms with Gasteiger partial charge in [0, 0.05) is 12.8 Å². The van der Waals surface area contributed by atoms with Gasteiger partial charge in [0.2, 0.25) is 0 Å². The van der Waals surface area contributed by atoms with Gasteiger partial charge in [-0.15, -0.1) is 0 Å². The molecule has 1 N–H and O–H groups in total. The number of phosphoric ester groups is 1. The second kappa shape index (κ2) is 66.9. The third-order valence-electron chi connectivity index (χ3n) is 16.2. The van der Waals surface area contributed by atoms with E-state index in [0.29, 0.717) is 17.4 Å². The maximum atomic E-state index is 12.9. The van der Waals surface area contributed by atoms with E-state index in [4.69, 9.17) is 18.5 Å². The van der Waals surface area contributed by atoms with Gasteiger partial charge in [-0.2, -0.15) is 0 Å². The average molecular weight is 1230 g/mol. The second-order valence-corrected chi connectivity index (χ2v) is 27.4. The van der Waals surface area contributed by atoms with Crippen molar-refractivity contribution in [2.45, 2.75) is 354 Å². The minimum absolute atomic E-state index is 0.0279. The number of hydrogen-bond acceptors (Lipinski definition) is 7. The maximum Gasteiger partial charge on any atom is 0.472 e. The molecule has 0 heterocycles. The minimum Gasteiger partial charge on any atom is -0.462 e. The zero-order chi connectivity index (χ0) is 62.6. The zero-order valence-electron chi connectivity index (χ0n) is 57.3. The fourth-order valence-electron chi connectivity index (χ4n) is 10.6. The lowest BCUT2D eigenvalue weighted by Crippen LogP contribution is -2.37. The highest BCUT2D eigenvalue weighted by Gasteiger charge is 2.27. The molecule has 0 rings (SSSR count).